The number of likely N-dealkylation sites (tertiary alicyclic amines) is 1. The van der Waals surface area contributed by atoms with Crippen molar-refractivity contribution in [1.82, 2.24) is 24.9 Å². The van der Waals surface area contributed by atoms with Gasteiger partial charge in [0, 0.05) is 58.9 Å². The number of guanidine groups is 1. The molecule has 2 rings (SSSR count). The van der Waals surface area contributed by atoms with E-state index in [0.717, 1.165) is 32.0 Å². The van der Waals surface area contributed by atoms with Gasteiger partial charge in [-0.05, 0) is 45.6 Å². The molecule has 8 nitrogen and oxygen atoms in total. The monoisotopic (exact) mass is 406 g/mol. The predicted molar refractivity (Wildman–Crippen MR) is 116 cm³/mol. The van der Waals surface area contributed by atoms with Crippen LogP contribution in [0.3, 0.4) is 0 Å². The Morgan fingerprint density at radius 3 is 2.79 bits per heavy atom. The molecule has 0 saturated carbocycles. The van der Waals surface area contributed by atoms with Gasteiger partial charge in [-0.1, -0.05) is 6.92 Å². The number of aliphatic imine (C=N–C) groups is 1. The highest BCUT2D eigenvalue weighted by Crippen LogP contribution is 2.26. The molecule has 0 spiro atoms. The van der Waals surface area contributed by atoms with E-state index in [4.69, 9.17) is 9.73 Å². The number of amides is 1. The number of carbonyl (C=O) groups is 1. The van der Waals surface area contributed by atoms with E-state index < -0.39 is 5.60 Å². The van der Waals surface area contributed by atoms with Crippen LogP contribution in [-0.4, -0.2) is 77.0 Å². The number of aryl methyl sites for hydroxylation is 1. The summed E-state index contributed by atoms with van der Waals surface area (Å²) in [6.07, 6.45) is 4.88. The van der Waals surface area contributed by atoms with Gasteiger partial charge in [0.1, 0.15) is 5.60 Å². The number of rotatable bonds is 6. The van der Waals surface area contributed by atoms with E-state index in [1.807, 2.05) is 38.7 Å². The summed E-state index contributed by atoms with van der Waals surface area (Å²) in [4.78, 5) is 21.0. The third kappa shape index (κ3) is 7.25. The summed E-state index contributed by atoms with van der Waals surface area (Å²) < 4.78 is 7.29. The molecule has 1 aliphatic rings. The van der Waals surface area contributed by atoms with Crippen molar-refractivity contribution < 1.29 is 9.53 Å². The fourth-order valence-electron chi connectivity index (χ4n) is 3.48. The van der Waals surface area contributed by atoms with E-state index in [0.29, 0.717) is 19.0 Å². The van der Waals surface area contributed by atoms with Gasteiger partial charge in [-0.2, -0.15) is 5.10 Å². The molecule has 0 radical (unpaired) electrons. The lowest BCUT2D eigenvalue weighted by atomic mass is 10.0. The van der Waals surface area contributed by atoms with Crippen molar-refractivity contribution in [2.45, 2.75) is 52.6 Å². The van der Waals surface area contributed by atoms with Gasteiger partial charge in [0.2, 0.25) is 0 Å². The molecule has 0 aliphatic carbocycles. The molecule has 2 atom stereocenters. The van der Waals surface area contributed by atoms with Gasteiger partial charge in [0.15, 0.2) is 5.96 Å². The topological polar surface area (TPSA) is 75.0 Å². The average molecular weight is 407 g/mol. The minimum Gasteiger partial charge on any atom is -0.444 e. The summed E-state index contributed by atoms with van der Waals surface area (Å²) >= 11 is 0. The molecule has 8 heteroatoms. The van der Waals surface area contributed by atoms with E-state index >= 15 is 0 Å². The predicted octanol–water partition coefficient (Wildman–Crippen LogP) is 2.68. The molecule has 1 aromatic rings. The lowest BCUT2D eigenvalue weighted by molar-refractivity contribution is 0.0279. The Morgan fingerprint density at radius 2 is 2.21 bits per heavy atom. The molecule has 2 unspecified atom stereocenters. The largest absolute Gasteiger partial charge is 0.444 e. The quantitative estimate of drug-likeness (QED) is 0.581. The van der Waals surface area contributed by atoms with E-state index in [-0.39, 0.29) is 12.0 Å². The van der Waals surface area contributed by atoms with Crippen LogP contribution in [0.5, 0.6) is 0 Å². The minimum atomic E-state index is -0.481. The second-order valence-corrected chi connectivity index (χ2v) is 9.04. The standard InChI is InChI=1S/C21H38N6O2/c1-8-22-19(27-10-9-17(15-27)18-12-24-26(7)14-18)23-11-16(2)13-25(6)20(28)29-21(3,4)5/h12,14,16-17H,8-11,13,15H2,1-7H3,(H,22,23). The Bertz CT molecular complexity index is 694. The van der Waals surface area contributed by atoms with E-state index in [1.165, 1.54) is 5.56 Å². The van der Waals surface area contributed by atoms with Crippen LogP contribution < -0.4 is 5.32 Å². The Morgan fingerprint density at radius 1 is 1.48 bits per heavy atom. The van der Waals surface area contributed by atoms with Crippen LogP contribution in [-0.2, 0) is 11.8 Å². The summed E-state index contributed by atoms with van der Waals surface area (Å²) in [6.45, 7) is 13.9. The Labute approximate surface area is 175 Å². The molecular formula is C21H38N6O2. The molecule has 29 heavy (non-hydrogen) atoms. The van der Waals surface area contributed by atoms with E-state index in [9.17, 15) is 4.79 Å². The first-order chi connectivity index (χ1) is 13.6. The summed E-state index contributed by atoms with van der Waals surface area (Å²) in [5.74, 6) is 1.67. The molecule has 1 saturated heterocycles. The van der Waals surface area contributed by atoms with Gasteiger partial charge >= 0.3 is 6.09 Å². The van der Waals surface area contributed by atoms with Crippen LogP contribution >= 0.6 is 0 Å². The third-order valence-corrected chi connectivity index (χ3v) is 4.86. The van der Waals surface area contributed by atoms with Crippen LogP contribution in [0.4, 0.5) is 4.79 Å². The summed E-state index contributed by atoms with van der Waals surface area (Å²) in [5.41, 5.74) is 0.809. The number of ether oxygens (including phenoxy) is 1. The number of nitrogens with zero attached hydrogens (tertiary/aromatic N) is 5. The number of aromatic nitrogens is 2. The molecule has 1 fully saturated rings. The van der Waals surface area contributed by atoms with Crippen molar-refractivity contribution in [3.63, 3.8) is 0 Å². The maximum Gasteiger partial charge on any atom is 0.410 e. The molecule has 1 aliphatic heterocycles. The molecule has 0 bridgehead atoms. The zero-order valence-electron chi connectivity index (χ0n) is 19.1. The Balaban J connectivity index is 1.90. The van der Waals surface area contributed by atoms with Crippen LogP contribution in [0.1, 0.15) is 52.5 Å². The van der Waals surface area contributed by atoms with Crippen molar-refractivity contribution >= 4 is 12.1 Å². The first-order valence-corrected chi connectivity index (χ1v) is 10.5. The first-order valence-electron chi connectivity index (χ1n) is 10.5. The second kappa shape index (κ2) is 9.98. The normalized spacial score (nSPS) is 18.7. The molecule has 2 heterocycles. The maximum absolute atomic E-state index is 12.2. The number of hydrogen-bond acceptors (Lipinski definition) is 4. The molecule has 1 N–H and O–H groups in total. The fraction of sp³-hybridized carbons (Fsp3) is 0.762. The molecule has 164 valence electrons. The van der Waals surface area contributed by atoms with Gasteiger partial charge < -0.3 is 19.9 Å². The smallest absolute Gasteiger partial charge is 0.410 e. The fourth-order valence-corrected chi connectivity index (χ4v) is 3.48. The first kappa shape index (κ1) is 23.0. The molecular weight excluding hydrogens is 368 g/mol. The third-order valence-electron chi connectivity index (χ3n) is 4.86. The average Bonchev–Trinajstić information content (AvgIpc) is 3.26. The Hall–Kier alpha value is -2.25. The van der Waals surface area contributed by atoms with Crippen molar-refractivity contribution in [3.8, 4) is 0 Å². The summed E-state index contributed by atoms with van der Waals surface area (Å²) in [7, 11) is 3.73. The van der Waals surface area contributed by atoms with Crippen molar-refractivity contribution in [1.29, 1.82) is 0 Å². The van der Waals surface area contributed by atoms with Gasteiger partial charge in [0.25, 0.3) is 0 Å². The minimum absolute atomic E-state index is 0.234. The summed E-state index contributed by atoms with van der Waals surface area (Å²) in [6, 6.07) is 0. The number of hydrogen-bond donors (Lipinski definition) is 1. The highest BCUT2D eigenvalue weighted by Gasteiger charge is 2.27. The van der Waals surface area contributed by atoms with Crippen LogP contribution in [0, 0.1) is 5.92 Å². The van der Waals surface area contributed by atoms with E-state index in [2.05, 4.69) is 35.4 Å². The van der Waals surface area contributed by atoms with Gasteiger partial charge in [-0.15, -0.1) is 0 Å². The SMILES string of the molecule is CCNC(=NCC(C)CN(C)C(=O)OC(C)(C)C)N1CCC(c2cnn(C)c2)C1. The van der Waals surface area contributed by atoms with Crippen LogP contribution in [0.25, 0.3) is 0 Å². The number of nitrogens with one attached hydrogen (secondary N) is 1. The van der Waals surface area contributed by atoms with Crippen molar-refractivity contribution in [2.24, 2.45) is 18.0 Å². The van der Waals surface area contributed by atoms with Crippen LogP contribution in [0.15, 0.2) is 17.4 Å². The second-order valence-electron chi connectivity index (χ2n) is 9.04. The molecule has 1 aromatic heterocycles. The molecule has 0 aromatic carbocycles. The van der Waals surface area contributed by atoms with Crippen LogP contribution in [0.2, 0.25) is 0 Å². The highest BCUT2D eigenvalue weighted by molar-refractivity contribution is 5.80. The highest BCUT2D eigenvalue weighted by atomic mass is 16.6. The lowest BCUT2D eigenvalue weighted by Gasteiger charge is -2.26. The maximum atomic E-state index is 12.2. The zero-order valence-corrected chi connectivity index (χ0v) is 19.1. The zero-order chi connectivity index (χ0) is 21.6. The van der Waals surface area contributed by atoms with Crippen molar-refractivity contribution in [3.05, 3.63) is 18.0 Å². The van der Waals surface area contributed by atoms with Gasteiger partial charge in [-0.25, -0.2) is 4.79 Å². The van der Waals surface area contributed by atoms with Crippen molar-refractivity contribution in [2.75, 3.05) is 39.8 Å². The molecule has 1 amide bonds. The Kier molecular flexibility index (Phi) is 7.93. The summed E-state index contributed by atoms with van der Waals surface area (Å²) in [5, 5.41) is 7.71. The van der Waals surface area contributed by atoms with Gasteiger partial charge in [0.05, 0.1) is 6.20 Å². The van der Waals surface area contributed by atoms with Gasteiger partial charge in [-0.3, -0.25) is 9.67 Å². The number of carbonyl (C=O) groups excluding carboxylic acids is 1. The van der Waals surface area contributed by atoms with E-state index in [1.54, 1.807) is 11.9 Å². The lowest BCUT2D eigenvalue weighted by Crippen LogP contribution is -2.41.